The van der Waals surface area contributed by atoms with E-state index in [0.717, 1.165) is 5.01 Å². The number of ether oxygens (including phenoxy) is 4. The van der Waals surface area contributed by atoms with Gasteiger partial charge >= 0.3 is 5.97 Å². The highest BCUT2D eigenvalue weighted by atomic mass is 16.5. The first-order valence-corrected chi connectivity index (χ1v) is 10.9. The highest BCUT2D eigenvalue weighted by Gasteiger charge is 2.37. The number of rotatable bonds is 10. The van der Waals surface area contributed by atoms with Gasteiger partial charge in [-0.3, -0.25) is 29.6 Å². The molecule has 0 unspecified atom stereocenters. The first kappa shape index (κ1) is 25.3. The van der Waals surface area contributed by atoms with Crippen molar-refractivity contribution in [3.8, 4) is 17.2 Å². The number of amides is 3. The molecule has 1 fully saturated rings. The van der Waals surface area contributed by atoms with Crippen LogP contribution in [0, 0.1) is 5.92 Å². The molecule has 3 amide bonds. The smallest absolute Gasteiger partial charge is 0.311 e. The Balaban J connectivity index is 1.53. The standard InChI is InChI=1S/C24H27N3O8/c1-4-34-20-8-6-5-7-19(20)25-21(28)14-35-24(31)16-11-22(29)27(13-16)26-23(30)15-9-17(32-2)12-18(10-15)33-3/h5-10,12,16H,4,11,13-14H2,1-3H3,(H,25,28)(H,26,30)/t16-/m1/s1. The summed E-state index contributed by atoms with van der Waals surface area (Å²) in [5, 5.41) is 3.68. The van der Waals surface area contributed by atoms with Gasteiger partial charge in [-0.15, -0.1) is 0 Å². The number of hydrogen-bond acceptors (Lipinski definition) is 8. The van der Waals surface area contributed by atoms with E-state index in [1.807, 2.05) is 6.92 Å². The Morgan fingerprint density at radius 1 is 1.06 bits per heavy atom. The van der Waals surface area contributed by atoms with Crippen molar-refractivity contribution in [1.29, 1.82) is 0 Å². The SMILES string of the molecule is CCOc1ccccc1NC(=O)COC(=O)[C@@H]1CC(=O)N(NC(=O)c2cc(OC)cc(OC)c2)C1. The molecule has 1 heterocycles. The summed E-state index contributed by atoms with van der Waals surface area (Å²) >= 11 is 0. The summed E-state index contributed by atoms with van der Waals surface area (Å²) in [7, 11) is 2.91. The fourth-order valence-electron chi connectivity index (χ4n) is 3.39. The highest BCUT2D eigenvalue weighted by molar-refractivity contribution is 5.97. The van der Waals surface area contributed by atoms with Gasteiger partial charge in [-0.05, 0) is 31.2 Å². The Morgan fingerprint density at radius 3 is 2.40 bits per heavy atom. The van der Waals surface area contributed by atoms with Crippen molar-refractivity contribution in [2.75, 3.05) is 39.3 Å². The van der Waals surface area contributed by atoms with E-state index in [1.165, 1.54) is 26.4 Å². The topological polar surface area (TPSA) is 132 Å². The fourth-order valence-corrected chi connectivity index (χ4v) is 3.39. The molecule has 1 saturated heterocycles. The summed E-state index contributed by atoms with van der Waals surface area (Å²) in [5.41, 5.74) is 3.15. The third-order valence-electron chi connectivity index (χ3n) is 5.12. The van der Waals surface area contributed by atoms with E-state index in [1.54, 1.807) is 30.3 Å². The molecule has 11 nitrogen and oxygen atoms in total. The zero-order valence-electron chi connectivity index (χ0n) is 19.7. The zero-order chi connectivity index (χ0) is 25.4. The van der Waals surface area contributed by atoms with Crippen LogP contribution in [0.4, 0.5) is 5.69 Å². The van der Waals surface area contributed by atoms with E-state index >= 15 is 0 Å². The van der Waals surface area contributed by atoms with Gasteiger partial charge in [0, 0.05) is 18.1 Å². The minimum Gasteiger partial charge on any atom is -0.497 e. The number of hydrogen-bond donors (Lipinski definition) is 2. The molecule has 3 rings (SSSR count). The van der Waals surface area contributed by atoms with Crippen LogP contribution in [0.25, 0.3) is 0 Å². The Bertz CT molecular complexity index is 1080. The van der Waals surface area contributed by atoms with Gasteiger partial charge in [0.05, 0.1) is 39.0 Å². The van der Waals surface area contributed by atoms with Crippen molar-refractivity contribution in [1.82, 2.24) is 10.4 Å². The lowest BCUT2D eigenvalue weighted by Crippen LogP contribution is -2.43. The van der Waals surface area contributed by atoms with Crippen molar-refractivity contribution in [3.63, 3.8) is 0 Å². The van der Waals surface area contributed by atoms with Gasteiger partial charge in [-0.25, -0.2) is 0 Å². The summed E-state index contributed by atoms with van der Waals surface area (Å²) < 4.78 is 20.8. The summed E-state index contributed by atoms with van der Waals surface area (Å²) in [6.45, 7) is 1.64. The molecule has 1 atom stereocenters. The van der Waals surface area contributed by atoms with Crippen LogP contribution in [0.5, 0.6) is 17.2 Å². The van der Waals surface area contributed by atoms with Gasteiger partial charge in [0.25, 0.3) is 11.8 Å². The third-order valence-corrected chi connectivity index (χ3v) is 5.12. The minimum atomic E-state index is -0.828. The number of carbonyl (C=O) groups excluding carboxylic acids is 4. The molecule has 0 saturated carbocycles. The van der Waals surface area contributed by atoms with Gasteiger partial charge in [-0.2, -0.15) is 0 Å². The van der Waals surface area contributed by atoms with Crippen molar-refractivity contribution < 1.29 is 38.1 Å². The molecule has 0 bridgehead atoms. The fraction of sp³-hybridized carbons (Fsp3) is 0.333. The number of hydrazine groups is 1. The number of anilines is 1. The van der Waals surface area contributed by atoms with E-state index in [-0.39, 0.29) is 18.5 Å². The largest absolute Gasteiger partial charge is 0.497 e. The Hall–Kier alpha value is -4.28. The number of nitrogens with one attached hydrogen (secondary N) is 2. The molecule has 1 aliphatic rings. The number of benzene rings is 2. The molecular formula is C24H27N3O8. The normalized spacial score (nSPS) is 14.8. The zero-order valence-corrected chi connectivity index (χ0v) is 19.7. The maximum absolute atomic E-state index is 12.6. The predicted octanol–water partition coefficient (Wildman–Crippen LogP) is 1.78. The van der Waals surface area contributed by atoms with Crippen molar-refractivity contribution in [2.45, 2.75) is 13.3 Å². The van der Waals surface area contributed by atoms with Crippen LogP contribution in [0.15, 0.2) is 42.5 Å². The minimum absolute atomic E-state index is 0.0840. The van der Waals surface area contributed by atoms with Gasteiger partial charge < -0.3 is 24.3 Å². The maximum Gasteiger partial charge on any atom is 0.311 e. The second-order valence-corrected chi connectivity index (χ2v) is 7.53. The van der Waals surface area contributed by atoms with Gasteiger partial charge in [0.1, 0.15) is 17.2 Å². The number of esters is 1. The summed E-state index contributed by atoms with van der Waals surface area (Å²) in [6.07, 6.45) is -0.157. The number of para-hydroxylation sites is 2. The number of carbonyl (C=O) groups is 4. The second kappa shape index (κ2) is 11.7. The molecule has 2 N–H and O–H groups in total. The lowest BCUT2D eigenvalue weighted by molar-refractivity contribution is -0.151. The van der Waals surface area contributed by atoms with Crippen LogP contribution in [0.2, 0.25) is 0 Å². The van der Waals surface area contributed by atoms with E-state index in [4.69, 9.17) is 18.9 Å². The summed E-state index contributed by atoms with van der Waals surface area (Å²) in [6, 6.07) is 11.5. The predicted molar refractivity (Wildman–Crippen MR) is 124 cm³/mol. The average molecular weight is 485 g/mol. The Kier molecular flexibility index (Phi) is 8.49. The molecular weight excluding hydrogens is 458 g/mol. The van der Waals surface area contributed by atoms with E-state index < -0.39 is 36.2 Å². The van der Waals surface area contributed by atoms with Crippen LogP contribution >= 0.6 is 0 Å². The van der Waals surface area contributed by atoms with E-state index in [2.05, 4.69) is 10.7 Å². The summed E-state index contributed by atoms with van der Waals surface area (Å²) in [5.74, 6) is -1.81. The van der Waals surface area contributed by atoms with Crippen LogP contribution in [-0.4, -0.2) is 62.7 Å². The highest BCUT2D eigenvalue weighted by Crippen LogP contribution is 2.25. The number of nitrogens with zero attached hydrogens (tertiary/aromatic N) is 1. The molecule has 11 heteroatoms. The summed E-state index contributed by atoms with van der Waals surface area (Å²) in [4.78, 5) is 49.6. The molecule has 0 radical (unpaired) electrons. The second-order valence-electron chi connectivity index (χ2n) is 7.53. The first-order valence-electron chi connectivity index (χ1n) is 10.9. The van der Waals surface area contributed by atoms with E-state index in [9.17, 15) is 19.2 Å². The molecule has 2 aromatic rings. The van der Waals surface area contributed by atoms with Crippen molar-refractivity contribution >= 4 is 29.4 Å². The van der Waals surface area contributed by atoms with Gasteiger partial charge in [0.2, 0.25) is 5.91 Å². The van der Waals surface area contributed by atoms with Crippen LogP contribution < -0.4 is 25.0 Å². The molecule has 0 aliphatic carbocycles. The van der Waals surface area contributed by atoms with Crippen LogP contribution in [0.3, 0.4) is 0 Å². The molecule has 186 valence electrons. The Morgan fingerprint density at radius 2 is 1.74 bits per heavy atom. The molecule has 1 aliphatic heterocycles. The third kappa shape index (κ3) is 6.62. The van der Waals surface area contributed by atoms with Gasteiger partial charge in [-0.1, -0.05) is 12.1 Å². The quantitative estimate of drug-likeness (QED) is 0.487. The van der Waals surface area contributed by atoms with Crippen LogP contribution in [-0.2, 0) is 19.1 Å². The molecule has 0 aromatic heterocycles. The monoisotopic (exact) mass is 485 g/mol. The first-order chi connectivity index (χ1) is 16.8. The van der Waals surface area contributed by atoms with E-state index in [0.29, 0.717) is 29.5 Å². The molecule has 35 heavy (non-hydrogen) atoms. The lowest BCUT2D eigenvalue weighted by Gasteiger charge is -2.18. The van der Waals surface area contributed by atoms with Crippen molar-refractivity contribution in [2.24, 2.45) is 5.92 Å². The lowest BCUT2D eigenvalue weighted by atomic mass is 10.1. The Labute approximate surface area is 202 Å². The number of methoxy groups -OCH3 is 2. The molecule has 2 aromatic carbocycles. The average Bonchev–Trinajstić information content (AvgIpc) is 3.23. The van der Waals surface area contributed by atoms with Crippen molar-refractivity contribution in [3.05, 3.63) is 48.0 Å². The van der Waals surface area contributed by atoms with Crippen LogP contribution in [0.1, 0.15) is 23.7 Å². The van der Waals surface area contributed by atoms with Gasteiger partial charge in [0.15, 0.2) is 6.61 Å². The maximum atomic E-state index is 12.6. The molecule has 0 spiro atoms.